The van der Waals surface area contributed by atoms with Crippen molar-refractivity contribution in [2.45, 2.75) is 37.5 Å². The van der Waals surface area contributed by atoms with Gasteiger partial charge >= 0.3 is 5.97 Å². The number of hydrogen-bond donors (Lipinski definition) is 2. The average Bonchev–Trinajstić information content (AvgIpc) is 2.45. The van der Waals surface area contributed by atoms with Crippen molar-refractivity contribution in [3.05, 3.63) is 0 Å². The molecule has 0 aromatic heterocycles. The van der Waals surface area contributed by atoms with Crippen LogP contribution in [0.15, 0.2) is 0 Å². The van der Waals surface area contributed by atoms with Gasteiger partial charge in [-0.25, -0.2) is 0 Å². The number of carboxylic acids is 1. The maximum atomic E-state index is 10.2. The molecule has 0 amide bonds. The Morgan fingerprint density at radius 2 is 2.46 bits per heavy atom. The molecular weight excluding hydrogens is 186 g/mol. The van der Waals surface area contributed by atoms with Crippen LogP contribution in [0.4, 0.5) is 0 Å². The third kappa shape index (κ3) is 4.00. The molecule has 2 N–H and O–H groups in total. The number of nitrogens with one attached hydrogen (secondary N) is 1. The highest BCUT2D eigenvalue weighted by Crippen LogP contribution is 2.25. The highest BCUT2D eigenvalue weighted by atomic mass is 32.2. The van der Waals surface area contributed by atoms with Gasteiger partial charge in [-0.3, -0.25) is 4.79 Å². The van der Waals surface area contributed by atoms with Crippen molar-refractivity contribution in [3.8, 4) is 0 Å². The van der Waals surface area contributed by atoms with Gasteiger partial charge in [-0.1, -0.05) is 6.92 Å². The highest BCUT2D eigenvalue weighted by molar-refractivity contribution is 8.00. The van der Waals surface area contributed by atoms with Crippen molar-refractivity contribution >= 4 is 17.7 Å². The molecule has 1 heterocycles. The van der Waals surface area contributed by atoms with Crippen molar-refractivity contribution in [1.82, 2.24) is 5.32 Å². The first-order chi connectivity index (χ1) is 6.20. The normalized spacial score (nSPS) is 27.8. The topological polar surface area (TPSA) is 49.3 Å². The van der Waals surface area contributed by atoms with Crippen LogP contribution in [0.25, 0.3) is 0 Å². The van der Waals surface area contributed by atoms with Gasteiger partial charge in [0.15, 0.2) is 0 Å². The molecule has 1 fully saturated rings. The zero-order valence-corrected chi connectivity index (χ0v) is 8.77. The van der Waals surface area contributed by atoms with Crippen molar-refractivity contribution in [2.75, 3.05) is 12.3 Å². The molecule has 13 heavy (non-hydrogen) atoms. The molecule has 0 aromatic rings. The van der Waals surface area contributed by atoms with Gasteiger partial charge in [-0.2, -0.15) is 11.8 Å². The fraction of sp³-hybridized carbons (Fsp3) is 0.889. The van der Waals surface area contributed by atoms with Crippen LogP contribution < -0.4 is 5.32 Å². The Kier molecular flexibility index (Phi) is 4.59. The van der Waals surface area contributed by atoms with Gasteiger partial charge in [0.05, 0.1) is 0 Å². The van der Waals surface area contributed by atoms with Crippen LogP contribution in [0.3, 0.4) is 0 Å². The molecule has 0 aromatic carbocycles. The van der Waals surface area contributed by atoms with E-state index in [1.807, 2.05) is 11.8 Å². The maximum Gasteiger partial charge on any atom is 0.303 e. The number of aliphatic carboxylic acids is 1. The molecular formula is C9H17NO2S. The number of rotatable bonds is 5. The summed E-state index contributed by atoms with van der Waals surface area (Å²) in [6.07, 6.45) is 2.24. The van der Waals surface area contributed by atoms with E-state index in [-0.39, 0.29) is 6.42 Å². The third-order valence-corrected chi connectivity index (χ3v) is 3.68. The lowest BCUT2D eigenvalue weighted by molar-refractivity contribution is -0.137. The minimum Gasteiger partial charge on any atom is -0.481 e. The van der Waals surface area contributed by atoms with Crippen molar-refractivity contribution in [3.63, 3.8) is 0 Å². The van der Waals surface area contributed by atoms with Gasteiger partial charge in [-0.15, -0.1) is 0 Å². The van der Waals surface area contributed by atoms with Gasteiger partial charge in [0.1, 0.15) is 0 Å². The number of thioether (sulfide) groups is 1. The van der Waals surface area contributed by atoms with Gasteiger partial charge in [0.25, 0.3) is 0 Å². The summed E-state index contributed by atoms with van der Waals surface area (Å²) in [5, 5.41) is 12.5. The number of hydrogen-bond acceptors (Lipinski definition) is 3. The molecule has 76 valence electrons. The van der Waals surface area contributed by atoms with E-state index < -0.39 is 5.97 Å². The Bertz CT molecular complexity index is 175. The van der Waals surface area contributed by atoms with Crippen molar-refractivity contribution in [1.29, 1.82) is 0 Å². The lowest BCUT2D eigenvalue weighted by Gasteiger charge is -2.15. The minimum atomic E-state index is -0.698. The SMILES string of the molecule is CC1SCCC1NCCCC(=O)O. The maximum absolute atomic E-state index is 10.2. The van der Waals surface area contributed by atoms with Crippen LogP contribution in [0, 0.1) is 0 Å². The number of carboxylic acid groups (broad SMARTS) is 1. The molecule has 0 aliphatic carbocycles. The molecule has 0 saturated carbocycles. The summed E-state index contributed by atoms with van der Waals surface area (Å²) < 4.78 is 0. The zero-order valence-electron chi connectivity index (χ0n) is 7.95. The fourth-order valence-electron chi connectivity index (χ4n) is 1.53. The van der Waals surface area contributed by atoms with Crippen LogP contribution >= 0.6 is 11.8 Å². The molecule has 3 nitrogen and oxygen atoms in total. The van der Waals surface area contributed by atoms with E-state index >= 15 is 0 Å². The molecule has 1 saturated heterocycles. The third-order valence-electron chi connectivity index (χ3n) is 2.35. The van der Waals surface area contributed by atoms with Crippen LogP contribution in [-0.4, -0.2) is 34.7 Å². The second kappa shape index (κ2) is 5.50. The molecule has 2 atom stereocenters. The summed E-state index contributed by atoms with van der Waals surface area (Å²) in [7, 11) is 0. The Balaban J connectivity index is 2.02. The summed E-state index contributed by atoms with van der Waals surface area (Å²) in [4.78, 5) is 10.2. The van der Waals surface area contributed by atoms with Gasteiger partial charge in [-0.05, 0) is 25.1 Å². The Labute approximate surface area is 83.3 Å². The van der Waals surface area contributed by atoms with Crippen LogP contribution in [0.1, 0.15) is 26.2 Å². The predicted octanol–water partition coefficient (Wildman–Crippen LogP) is 1.33. The predicted molar refractivity (Wildman–Crippen MR) is 55.2 cm³/mol. The van der Waals surface area contributed by atoms with Crippen molar-refractivity contribution < 1.29 is 9.90 Å². The van der Waals surface area contributed by atoms with Crippen LogP contribution in [-0.2, 0) is 4.79 Å². The number of carbonyl (C=O) groups is 1. The Hall–Kier alpha value is -0.220. The smallest absolute Gasteiger partial charge is 0.303 e. The lowest BCUT2D eigenvalue weighted by Crippen LogP contribution is -2.34. The van der Waals surface area contributed by atoms with Gasteiger partial charge < -0.3 is 10.4 Å². The minimum absolute atomic E-state index is 0.279. The molecule has 0 bridgehead atoms. The summed E-state index contributed by atoms with van der Waals surface area (Å²) in [5.74, 6) is 0.535. The van der Waals surface area contributed by atoms with E-state index in [1.54, 1.807) is 0 Å². The molecule has 1 aliphatic rings. The average molecular weight is 203 g/mol. The first kappa shape index (κ1) is 10.9. The van der Waals surface area contributed by atoms with E-state index in [0.717, 1.165) is 13.0 Å². The van der Waals surface area contributed by atoms with Gasteiger partial charge in [0, 0.05) is 17.7 Å². The highest BCUT2D eigenvalue weighted by Gasteiger charge is 2.22. The summed E-state index contributed by atoms with van der Waals surface area (Å²) in [5.41, 5.74) is 0. The second-order valence-electron chi connectivity index (χ2n) is 3.42. The summed E-state index contributed by atoms with van der Waals surface area (Å²) in [6, 6.07) is 0.596. The molecule has 4 heteroatoms. The van der Waals surface area contributed by atoms with Crippen LogP contribution in [0.5, 0.6) is 0 Å². The molecule has 0 spiro atoms. The van der Waals surface area contributed by atoms with E-state index in [1.165, 1.54) is 12.2 Å². The Morgan fingerprint density at radius 3 is 3.00 bits per heavy atom. The quantitative estimate of drug-likeness (QED) is 0.662. The van der Waals surface area contributed by atoms with Crippen LogP contribution in [0.2, 0.25) is 0 Å². The van der Waals surface area contributed by atoms with E-state index in [0.29, 0.717) is 11.3 Å². The monoisotopic (exact) mass is 203 g/mol. The first-order valence-corrected chi connectivity index (χ1v) is 5.82. The zero-order chi connectivity index (χ0) is 9.68. The Morgan fingerprint density at radius 1 is 1.69 bits per heavy atom. The molecule has 0 radical (unpaired) electrons. The van der Waals surface area contributed by atoms with E-state index in [9.17, 15) is 4.79 Å². The second-order valence-corrected chi connectivity index (χ2v) is 4.91. The summed E-state index contributed by atoms with van der Waals surface area (Å²) >= 11 is 1.99. The largest absolute Gasteiger partial charge is 0.481 e. The lowest BCUT2D eigenvalue weighted by atomic mass is 10.1. The van der Waals surface area contributed by atoms with Crippen molar-refractivity contribution in [2.24, 2.45) is 0 Å². The standard InChI is InChI=1S/C9H17NO2S/c1-7-8(4-6-13-7)10-5-2-3-9(11)12/h7-8,10H,2-6H2,1H3,(H,11,12). The van der Waals surface area contributed by atoms with E-state index in [4.69, 9.17) is 5.11 Å². The first-order valence-electron chi connectivity index (χ1n) is 4.77. The van der Waals surface area contributed by atoms with E-state index in [2.05, 4.69) is 12.2 Å². The fourth-order valence-corrected chi connectivity index (χ4v) is 2.75. The molecule has 2 unspecified atom stereocenters. The molecule has 1 aliphatic heterocycles. The van der Waals surface area contributed by atoms with Gasteiger partial charge in [0.2, 0.25) is 0 Å². The molecule has 1 rings (SSSR count). The summed E-state index contributed by atoms with van der Waals surface area (Å²) in [6.45, 7) is 3.06.